The number of hydrogen-bond acceptors (Lipinski definition) is 3. The normalized spacial score (nSPS) is 12.9. The minimum Gasteiger partial charge on any atom is -0.395 e. The van der Waals surface area contributed by atoms with Gasteiger partial charge in [-0.05, 0) is 24.6 Å². The van der Waals surface area contributed by atoms with Gasteiger partial charge in [-0.25, -0.2) is 12.8 Å². The molecule has 0 spiro atoms. The number of aliphatic hydroxyl groups excluding tert-OH is 1. The Balaban J connectivity index is 3.26. The molecular formula is C13H17F4NO3S. The molecule has 0 heterocycles. The first-order chi connectivity index (χ1) is 10.1. The summed E-state index contributed by atoms with van der Waals surface area (Å²) >= 11 is 0. The molecule has 4 nitrogen and oxygen atoms in total. The Bertz CT molecular complexity index is 602. The highest BCUT2D eigenvalue weighted by Crippen LogP contribution is 2.33. The molecule has 0 saturated heterocycles. The fourth-order valence-corrected chi connectivity index (χ4v) is 3.33. The second-order valence-electron chi connectivity index (χ2n) is 4.62. The molecule has 0 fully saturated rings. The van der Waals surface area contributed by atoms with Crippen molar-refractivity contribution in [1.29, 1.82) is 0 Å². The van der Waals surface area contributed by atoms with Crippen LogP contribution < -0.4 is 0 Å². The first-order valence-electron chi connectivity index (χ1n) is 6.62. The van der Waals surface area contributed by atoms with Gasteiger partial charge in [0.15, 0.2) is 0 Å². The van der Waals surface area contributed by atoms with E-state index in [1.165, 1.54) is 0 Å². The number of aliphatic hydroxyl groups is 1. The second-order valence-corrected chi connectivity index (χ2v) is 6.56. The highest BCUT2D eigenvalue weighted by Gasteiger charge is 2.36. The Morgan fingerprint density at radius 1 is 1.23 bits per heavy atom. The van der Waals surface area contributed by atoms with Crippen molar-refractivity contribution < 1.29 is 31.1 Å². The van der Waals surface area contributed by atoms with Crippen molar-refractivity contribution >= 4 is 10.0 Å². The lowest BCUT2D eigenvalue weighted by Gasteiger charge is -2.21. The minimum absolute atomic E-state index is 0.0676. The third-order valence-corrected chi connectivity index (χ3v) is 4.89. The largest absolute Gasteiger partial charge is 0.419 e. The molecule has 0 amide bonds. The molecule has 9 heteroatoms. The number of benzene rings is 1. The Morgan fingerprint density at radius 3 is 2.36 bits per heavy atom. The van der Waals surface area contributed by atoms with E-state index in [2.05, 4.69) is 0 Å². The van der Waals surface area contributed by atoms with Gasteiger partial charge in [-0.2, -0.15) is 17.5 Å². The smallest absolute Gasteiger partial charge is 0.395 e. The van der Waals surface area contributed by atoms with Gasteiger partial charge >= 0.3 is 6.18 Å². The molecule has 0 aliphatic heterocycles. The molecular weight excluding hydrogens is 326 g/mol. The quantitative estimate of drug-likeness (QED) is 0.775. The summed E-state index contributed by atoms with van der Waals surface area (Å²) in [5.74, 6) is -1.53. The summed E-state index contributed by atoms with van der Waals surface area (Å²) in [5, 5.41) is 8.93. The van der Waals surface area contributed by atoms with E-state index in [1.807, 2.05) is 6.92 Å². The van der Waals surface area contributed by atoms with Crippen LogP contribution in [0.5, 0.6) is 0 Å². The molecule has 0 aromatic heterocycles. The van der Waals surface area contributed by atoms with E-state index in [4.69, 9.17) is 5.11 Å². The van der Waals surface area contributed by atoms with Gasteiger partial charge in [0.25, 0.3) is 0 Å². The summed E-state index contributed by atoms with van der Waals surface area (Å²) in [4.78, 5) is -0.647. The summed E-state index contributed by atoms with van der Waals surface area (Å²) in [6, 6.07) is 1.55. The number of alkyl halides is 3. The average Bonchev–Trinajstić information content (AvgIpc) is 2.42. The summed E-state index contributed by atoms with van der Waals surface area (Å²) < 4.78 is 76.9. The minimum atomic E-state index is -4.99. The van der Waals surface area contributed by atoms with Crippen LogP contribution >= 0.6 is 0 Å². The van der Waals surface area contributed by atoms with E-state index < -0.39 is 39.1 Å². The van der Waals surface area contributed by atoms with Crippen LogP contribution in [0.25, 0.3) is 0 Å². The molecule has 0 aliphatic carbocycles. The predicted molar refractivity (Wildman–Crippen MR) is 72.2 cm³/mol. The first kappa shape index (κ1) is 18.9. The highest BCUT2D eigenvalue weighted by atomic mass is 32.2. The molecule has 0 bridgehead atoms. The van der Waals surface area contributed by atoms with Gasteiger partial charge < -0.3 is 5.11 Å². The molecule has 1 aromatic rings. The van der Waals surface area contributed by atoms with Gasteiger partial charge in [-0.3, -0.25) is 0 Å². The number of halogens is 4. The van der Waals surface area contributed by atoms with Gasteiger partial charge in [0.1, 0.15) is 5.82 Å². The Morgan fingerprint density at radius 2 is 1.86 bits per heavy atom. The molecule has 0 radical (unpaired) electrons. The van der Waals surface area contributed by atoms with Gasteiger partial charge in [0, 0.05) is 13.1 Å². The van der Waals surface area contributed by atoms with E-state index in [0.717, 1.165) is 10.4 Å². The van der Waals surface area contributed by atoms with Crippen molar-refractivity contribution in [1.82, 2.24) is 4.31 Å². The predicted octanol–water partition coefficient (Wildman–Crippen LogP) is 2.63. The molecule has 126 valence electrons. The van der Waals surface area contributed by atoms with Crippen LogP contribution in [0.1, 0.15) is 25.3 Å². The number of unbranched alkanes of at least 4 members (excludes halogenated alkanes) is 1. The Hall–Kier alpha value is -1.19. The maximum atomic E-state index is 13.2. The van der Waals surface area contributed by atoms with Crippen LogP contribution in [0.3, 0.4) is 0 Å². The monoisotopic (exact) mass is 343 g/mol. The van der Waals surface area contributed by atoms with Gasteiger partial charge in [0.2, 0.25) is 10.0 Å². The molecule has 1 aromatic carbocycles. The Labute approximate surface area is 126 Å². The number of nitrogens with zero attached hydrogens (tertiary/aromatic N) is 1. The van der Waals surface area contributed by atoms with E-state index in [-0.39, 0.29) is 19.2 Å². The second kappa shape index (κ2) is 7.38. The van der Waals surface area contributed by atoms with E-state index in [9.17, 15) is 26.0 Å². The number of rotatable bonds is 7. The Kier molecular flexibility index (Phi) is 6.33. The molecule has 1 rings (SSSR count). The van der Waals surface area contributed by atoms with Crippen LogP contribution in [0.2, 0.25) is 0 Å². The van der Waals surface area contributed by atoms with Gasteiger partial charge in [0.05, 0.1) is 17.1 Å². The van der Waals surface area contributed by atoms with Crippen molar-refractivity contribution in [3.05, 3.63) is 29.6 Å². The van der Waals surface area contributed by atoms with E-state index in [1.54, 1.807) is 0 Å². The van der Waals surface area contributed by atoms with Gasteiger partial charge in [-0.15, -0.1) is 0 Å². The molecule has 1 N–H and O–H groups in total. The van der Waals surface area contributed by atoms with Crippen molar-refractivity contribution in [3.8, 4) is 0 Å². The van der Waals surface area contributed by atoms with Crippen molar-refractivity contribution in [3.63, 3.8) is 0 Å². The SMILES string of the molecule is CCCCN(CCO)S(=O)(=O)c1ccc(F)c(C(F)(F)F)c1. The van der Waals surface area contributed by atoms with Crippen LogP contribution in [-0.4, -0.2) is 37.5 Å². The summed E-state index contributed by atoms with van der Waals surface area (Å²) in [6.45, 7) is 1.19. The zero-order valence-corrected chi connectivity index (χ0v) is 12.7. The summed E-state index contributed by atoms with van der Waals surface area (Å²) in [6.07, 6.45) is -3.82. The fraction of sp³-hybridized carbons (Fsp3) is 0.538. The average molecular weight is 343 g/mol. The number of sulfonamides is 1. The van der Waals surface area contributed by atoms with Crippen LogP contribution in [0, 0.1) is 5.82 Å². The first-order valence-corrected chi connectivity index (χ1v) is 8.06. The third-order valence-electron chi connectivity index (χ3n) is 2.99. The molecule has 0 aliphatic rings. The highest BCUT2D eigenvalue weighted by molar-refractivity contribution is 7.89. The topological polar surface area (TPSA) is 57.6 Å². The lowest BCUT2D eigenvalue weighted by atomic mass is 10.2. The van der Waals surface area contributed by atoms with Crippen LogP contribution in [-0.2, 0) is 16.2 Å². The van der Waals surface area contributed by atoms with Crippen LogP contribution in [0.4, 0.5) is 17.6 Å². The maximum absolute atomic E-state index is 13.2. The van der Waals surface area contributed by atoms with E-state index in [0.29, 0.717) is 18.9 Å². The molecule has 22 heavy (non-hydrogen) atoms. The lowest BCUT2D eigenvalue weighted by molar-refractivity contribution is -0.140. The molecule has 0 saturated carbocycles. The molecule has 0 unspecified atom stereocenters. The van der Waals surface area contributed by atoms with Crippen molar-refractivity contribution in [2.45, 2.75) is 30.8 Å². The molecule has 0 atom stereocenters. The zero-order chi connectivity index (χ0) is 17.0. The zero-order valence-electron chi connectivity index (χ0n) is 11.9. The third kappa shape index (κ3) is 4.40. The fourth-order valence-electron chi connectivity index (χ4n) is 1.83. The van der Waals surface area contributed by atoms with Gasteiger partial charge in [-0.1, -0.05) is 13.3 Å². The van der Waals surface area contributed by atoms with E-state index >= 15 is 0 Å². The maximum Gasteiger partial charge on any atom is 0.419 e. The summed E-state index contributed by atoms with van der Waals surface area (Å²) in [7, 11) is -4.23. The standard InChI is InChI=1S/C13H17F4NO3S/c1-2-3-6-18(7-8-19)22(20,21)10-4-5-12(14)11(9-10)13(15,16)17/h4-5,9,19H,2-3,6-8H2,1H3. The summed E-state index contributed by atoms with van der Waals surface area (Å²) in [5.41, 5.74) is -1.63. The van der Waals surface area contributed by atoms with Crippen LogP contribution in [0.15, 0.2) is 23.1 Å². The van der Waals surface area contributed by atoms with Crippen molar-refractivity contribution in [2.24, 2.45) is 0 Å². The number of hydrogen-bond donors (Lipinski definition) is 1. The van der Waals surface area contributed by atoms with Crippen molar-refractivity contribution in [2.75, 3.05) is 19.7 Å². The lowest BCUT2D eigenvalue weighted by Crippen LogP contribution is -2.34.